The number of hydrogen-bond acceptors (Lipinski definition) is 6. The minimum atomic E-state index is -3.06. The van der Waals surface area contributed by atoms with Crippen LogP contribution in [-0.4, -0.2) is 50.4 Å². The molecule has 3 aromatic rings. The Morgan fingerprint density at radius 1 is 1.30 bits per heavy atom. The van der Waals surface area contributed by atoms with Crippen LogP contribution in [0.3, 0.4) is 0 Å². The second-order valence-electron chi connectivity index (χ2n) is 8.12. The zero-order valence-corrected chi connectivity index (χ0v) is 19.4. The van der Waals surface area contributed by atoms with Gasteiger partial charge in [-0.1, -0.05) is 23.2 Å². The van der Waals surface area contributed by atoms with Gasteiger partial charge in [0.2, 0.25) is 0 Å². The quantitative estimate of drug-likeness (QED) is 0.530. The van der Waals surface area contributed by atoms with Crippen LogP contribution in [-0.2, 0) is 22.8 Å². The van der Waals surface area contributed by atoms with E-state index in [-0.39, 0.29) is 11.3 Å². The third-order valence-corrected chi connectivity index (χ3v) is 7.79. The number of piperidine rings is 1. The van der Waals surface area contributed by atoms with Crippen molar-refractivity contribution >= 4 is 40.5 Å². The number of nitrogens with zero attached hydrogens (tertiary/aromatic N) is 4. The largest absolute Gasteiger partial charge is 0.476 e. The maximum atomic E-state index is 14.3. The van der Waals surface area contributed by atoms with Crippen LogP contribution in [0.15, 0.2) is 30.6 Å². The Labute approximate surface area is 201 Å². The molecule has 0 aliphatic carbocycles. The van der Waals surface area contributed by atoms with E-state index in [1.165, 1.54) is 10.7 Å². The Morgan fingerprint density at radius 3 is 2.76 bits per heavy atom. The molecule has 12 heteroatoms. The maximum Gasteiger partial charge on any atom is 0.356 e. The maximum absolute atomic E-state index is 14.3. The van der Waals surface area contributed by atoms with Gasteiger partial charge in [0.05, 0.1) is 9.36 Å². The fraction of sp³-hybridized carbons (Fsp3) is 0.381. The van der Waals surface area contributed by atoms with Crippen molar-refractivity contribution in [3.05, 3.63) is 61.6 Å². The lowest BCUT2D eigenvalue weighted by Gasteiger charge is -2.45. The van der Waals surface area contributed by atoms with Gasteiger partial charge in [0.15, 0.2) is 11.5 Å². The predicted octanol–water partition coefficient (Wildman–Crippen LogP) is 4.95. The number of ether oxygens (including phenoxy) is 1. The fourth-order valence-electron chi connectivity index (χ4n) is 4.39. The van der Waals surface area contributed by atoms with Gasteiger partial charge in [-0.3, -0.25) is 4.90 Å². The van der Waals surface area contributed by atoms with Gasteiger partial charge in [0, 0.05) is 48.0 Å². The highest BCUT2D eigenvalue weighted by atomic mass is 35.5. The normalized spacial score (nSPS) is 19.5. The zero-order chi connectivity index (χ0) is 23.4. The van der Waals surface area contributed by atoms with E-state index < -0.39 is 24.1 Å². The summed E-state index contributed by atoms with van der Waals surface area (Å²) >= 11 is 13.4. The van der Waals surface area contributed by atoms with E-state index >= 15 is 0 Å². The highest BCUT2D eigenvalue weighted by Gasteiger charge is 2.51. The molecule has 1 saturated heterocycles. The number of rotatable bonds is 4. The summed E-state index contributed by atoms with van der Waals surface area (Å²) < 4.78 is 36.1. The number of carboxylic acids is 1. The van der Waals surface area contributed by atoms with Crippen LogP contribution in [0.1, 0.15) is 39.3 Å². The number of aromatic carboxylic acids is 1. The van der Waals surface area contributed by atoms with Crippen molar-refractivity contribution in [2.75, 3.05) is 19.7 Å². The van der Waals surface area contributed by atoms with Crippen LogP contribution >= 0.6 is 34.5 Å². The molecule has 7 nitrogen and oxygen atoms in total. The third-order valence-electron chi connectivity index (χ3n) is 6.05. The van der Waals surface area contributed by atoms with Gasteiger partial charge in [0.25, 0.3) is 5.92 Å². The second-order valence-corrected chi connectivity index (χ2v) is 10.2. The summed E-state index contributed by atoms with van der Waals surface area (Å²) in [6.07, 6.45) is 4.15. The average Bonchev–Trinajstić information content (AvgIpc) is 3.38. The number of fused-ring (bicyclic) bond motifs is 2. The number of carboxylic acid groups (broad SMARTS) is 1. The molecule has 5 heterocycles. The molecule has 1 spiro atoms. The molecule has 0 amide bonds. The van der Waals surface area contributed by atoms with E-state index in [1.807, 2.05) is 0 Å². The van der Waals surface area contributed by atoms with Crippen LogP contribution in [0, 0.1) is 0 Å². The number of likely N-dealkylation sites (tertiary alicyclic amines) is 1. The molecule has 1 N–H and O–H groups in total. The monoisotopic (exact) mass is 514 g/mol. The molecule has 2 aliphatic rings. The summed E-state index contributed by atoms with van der Waals surface area (Å²) in [5.74, 6) is -3.87. The van der Waals surface area contributed by atoms with Gasteiger partial charge in [-0.25, -0.2) is 14.5 Å². The predicted molar refractivity (Wildman–Crippen MR) is 119 cm³/mol. The number of aromatic nitrogens is 3. The first-order valence-electron chi connectivity index (χ1n) is 10.2. The number of pyridine rings is 1. The molecule has 0 atom stereocenters. The molecule has 3 aromatic heterocycles. The lowest BCUT2D eigenvalue weighted by molar-refractivity contribution is -0.182. The third kappa shape index (κ3) is 4.04. The molecule has 174 valence electrons. The van der Waals surface area contributed by atoms with E-state index in [0.717, 1.165) is 11.3 Å². The van der Waals surface area contributed by atoms with Crippen molar-refractivity contribution in [2.24, 2.45) is 0 Å². The number of halogens is 4. The highest BCUT2D eigenvalue weighted by molar-refractivity contribution is 7.16. The first kappa shape index (κ1) is 22.7. The summed E-state index contributed by atoms with van der Waals surface area (Å²) in [5.41, 5.74) is -0.417. The van der Waals surface area contributed by atoms with Crippen LogP contribution in [0.5, 0.6) is 0 Å². The highest BCUT2D eigenvalue weighted by Crippen LogP contribution is 2.52. The Morgan fingerprint density at radius 2 is 2.06 bits per heavy atom. The van der Waals surface area contributed by atoms with Crippen LogP contribution in [0.2, 0.25) is 9.36 Å². The summed E-state index contributed by atoms with van der Waals surface area (Å²) in [7, 11) is 0. The van der Waals surface area contributed by atoms with Crippen molar-refractivity contribution in [3.63, 3.8) is 0 Å². The second kappa shape index (κ2) is 8.28. The van der Waals surface area contributed by atoms with Gasteiger partial charge in [0.1, 0.15) is 12.2 Å². The summed E-state index contributed by atoms with van der Waals surface area (Å²) in [5, 5.41) is 14.1. The molecule has 2 aliphatic heterocycles. The van der Waals surface area contributed by atoms with Gasteiger partial charge < -0.3 is 9.84 Å². The molecular formula is C21H18Cl2F2N4O3S. The van der Waals surface area contributed by atoms with E-state index in [1.54, 1.807) is 24.5 Å². The molecule has 33 heavy (non-hydrogen) atoms. The molecule has 0 aromatic carbocycles. The van der Waals surface area contributed by atoms with Gasteiger partial charge in [-0.05, 0) is 31.0 Å². The number of carbonyl (C=O) groups is 1. The van der Waals surface area contributed by atoms with Crippen LogP contribution in [0.25, 0.3) is 5.82 Å². The summed E-state index contributed by atoms with van der Waals surface area (Å²) in [6.45, 7) is 0.731. The molecule has 1 fully saturated rings. The van der Waals surface area contributed by atoms with E-state index in [9.17, 15) is 18.7 Å². The van der Waals surface area contributed by atoms with Crippen LogP contribution < -0.4 is 0 Å². The number of alkyl halides is 2. The Balaban J connectivity index is 1.36. The molecule has 0 radical (unpaired) electrons. The summed E-state index contributed by atoms with van der Waals surface area (Å²) in [4.78, 5) is 18.5. The molecule has 0 bridgehead atoms. The van der Waals surface area contributed by atoms with Gasteiger partial charge in [-0.2, -0.15) is 13.9 Å². The van der Waals surface area contributed by atoms with Crippen molar-refractivity contribution in [2.45, 2.75) is 30.9 Å². The first-order chi connectivity index (χ1) is 15.7. The molecule has 0 saturated carbocycles. The van der Waals surface area contributed by atoms with Crippen molar-refractivity contribution < 1.29 is 23.4 Å². The van der Waals surface area contributed by atoms with Gasteiger partial charge >= 0.3 is 5.97 Å². The van der Waals surface area contributed by atoms with Crippen LogP contribution in [0.4, 0.5) is 8.78 Å². The first-order valence-corrected chi connectivity index (χ1v) is 11.7. The Hall–Kier alpha value is -2.11. The van der Waals surface area contributed by atoms with E-state index in [0.29, 0.717) is 58.1 Å². The molecular weight excluding hydrogens is 497 g/mol. The smallest absolute Gasteiger partial charge is 0.356 e. The number of thiophene rings is 1. The fourth-order valence-corrected chi connectivity index (χ4v) is 6.08. The zero-order valence-electron chi connectivity index (χ0n) is 17.1. The summed E-state index contributed by atoms with van der Waals surface area (Å²) in [6, 6.07) is 4.66. The van der Waals surface area contributed by atoms with Crippen molar-refractivity contribution in [3.8, 4) is 5.82 Å². The van der Waals surface area contributed by atoms with E-state index in [4.69, 9.17) is 27.9 Å². The average molecular weight is 515 g/mol. The van der Waals surface area contributed by atoms with Crippen molar-refractivity contribution in [1.29, 1.82) is 0 Å². The Kier molecular flexibility index (Phi) is 5.69. The standard InChI is InChI=1S/C21H18Cl2F2N4O3S/c22-14-2-1-5-26-18(14)29-10-12(16(27-29)19(30)31)9-28-6-3-20(4-7-28)17-13(8-15(23)33-17)21(24,25)11-32-20/h1-2,5,8,10H,3-4,6-7,9,11H2,(H,30,31). The SMILES string of the molecule is O=C(O)c1nn(-c2ncccc2Cl)cc1CN1CCC2(CC1)OCC(F)(F)c1cc(Cl)sc12. The topological polar surface area (TPSA) is 80.5 Å². The number of hydrogen-bond donors (Lipinski definition) is 1. The molecule has 5 rings (SSSR count). The van der Waals surface area contributed by atoms with E-state index in [2.05, 4.69) is 15.0 Å². The minimum Gasteiger partial charge on any atom is -0.476 e. The minimum absolute atomic E-state index is 0.0427. The molecule has 0 unspecified atom stereocenters. The lowest BCUT2D eigenvalue weighted by atomic mass is 9.84. The lowest BCUT2D eigenvalue weighted by Crippen LogP contribution is -2.48. The van der Waals surface area contributed by atoms with Gasteiger partial charge in [-0.15, -0.1) is 11.3 Å². The van der Waals surface area contributed by atoms with Crippen molar-refractivity contribution in [1.82, 2.24) is 19.7 Å². The Bertz CT molecular complexity index is 1220.